The van der Waals surface area contributed by atoms with Gasteiger partial charge in [-0.1, -0.05) is 43.7 Å². The van der Waals surface area contributed by atoms with E-state index in [9.17, 15) is 10.1 Å². The van der Waals surface area contributed by atoms with E-state index >= 15 is 0 Å². The Morgan fingerprint density at radius 1 is 1.14 bits per heavy atom. The topological polar surface area (TPSA) is 94.6 Å². The van der Waals surface area contributed by atoms with Crippen LogP contribution in [-0.4, -0.2) is 18.8 Å². The second-order valence-corrected chi connectivity index (χ2v) is 8.86. The molecule has 0 saturated carbocycles. The maximum Gasteiger partial charge on any atom is 0.347 e. The van der Waals surface area contributed by atoms with Crippen LogP contribution in [0.2, 0.25) is 0 Å². The summed E-state index contributed by atoms with van der Waals surface area (Å²) >= 11 is 1.65. The molecule has 3 aromatic carbocycles. The molecule has 0 amide bonds. The number of fused-ring (bicyclic) bond motifs is 1. The van der Waals surface area contributed by atoms with Gasteiger partial charge in [0.25, 0.3) is 0 Å². The Hall–Kier alpha value is -3.89. The molecule has 0 aromatic heterocycles. The first kappa shape index (κ1) is 24.2. The Morgan fingerprint density at radius 3 is 2.63 bits per heavy atom. The normalized spacial score (nSPS) is 14.5. The number of thioether (sulfide) groups is 1. The summed E-state index contributed by atoms with van der Waals surface area (Å²) in [6.07, 6.45) is 3.90. The monoisotopic (exact) mass is 486 g/mol. The van der Waals surface area contributed by atoms with Crippen LogP contribution in [0.5, 0.6) is 17.2 Å². The molecule has 0 radical (unpaired) electrons. The molecule has 1 atom stereocenters. The number of hydrogen-bond acceptors (Lipinski definition) is 7. The maximum absolute atomic E-state index is 12.9. The van der Waals surface area contributed by atoms with Crippen LogP contribution in [0.15, 0.2) is 83.1 Å². The van der Waals surface area contributed by atoms with Crippen LogP contribution in [0.4, 0.5) is 0 Å². The van der Waals surface area contributed by atoms with Gasteiger partial charge in [-0.25, -0.2) is 4.79 Å². The number of nitrogens with zero attached hydrogens (tertiary/aromatic N) is 1. The van der Waals surface area contributed by atoms with Gasteiger partial charge in [0, 0.05) is 16.5 Å². The van der Waals surface area contributed by atoms with Crippen LogP contribution in [0.1, 0.15) is 47.2 Å². The average molecular weight is 487 g/mol. The number of nitriles is 1. The second-order valence-electron chi connectivity index (χ2n) is 7.99. The lowest BCUT2D eigenvalue weighted by molar-refractivity contribution is 0.0730. The zero-order valence-corrected chi connectivity index (χ0v) is 20.4. The van der Waals surface area contributed by atoms with Crippen molar-refractivity contribution in [2.45, 2.75) is 30.6 Å². The van der Waals surface area contributed by atoms with Crippen molar-refractivity contribution < 1.29 is 19.0 Å². The highest BCUT2D eigenvalue weighted by molar-refractivity contribution is 7.98. The third kappa shape index (κ3) is 5.28. The van der Waals surface area contributed by atoms with Gasteiger partial charge < -0.3 is 19.9 Å². The van der Waals surface area contributed by atoms with Gasteiger partial charge in [-0.2, -0.15) is 5.26 Å². The quantitative estimate of drug-likeness (QED) is 0.180. The fourth-order valence-corrected chi connectivity index (χ4v) is 4.30. The number of hydrogen-bond donors (Lipinski definition) is 1. The molecule has 0 bridgehead atoms. The van der Waals surface area contributed by atoms with Crippen molar-refractivity contribution in [2.75, 3.05) is 12.9 Å². The van der Waals surface area contributed by atoms with Gasteiger partial charge in [0.15, 0.2) is 0 Å². The first-order valence-electron chi connectivity index (χ1n) is 11.3. The number of rotatable bonds is 8. The molecule has 35 heavy (non-hydrogen) atoms. The van der Waals surface area contributed by atoms with Crippen LogP contribution < -0.4 is 19.9 Å². The second kappa shape index (κ2) is 11.0. The van der Waals surface area contributed by atoms with Crippen molar-refractivity contribution in [2.24, 2.45) is 5.73 Å². The Balaban J connectivity index is 1.62. The van der Waals surface area contributed by atoms with Crippen molar-refractivity contribution in [3.63, 3.8) is 0 Å². The van der Waals surface area contributed by atoms with E-state index in [-0.39, 0.29) is 11.8 Å². The van der Waals surface area contributed by atoms with Crippen LogP contribution in [0, 0.1) is 11.3 Å². The van der Waals surface area contributed by atoms with Gasteiger partial charge in [-0.05, 0) is 48.6 Å². The van der Waals surface area contributed by atoms with Crippen LogP contribution in [0.3, 0.4) is 0 Å². The maximum atomic E-state index is 12.9. The van der Waals surface area contributed by atoms with E-state index in [1.165, 1.54) is 0 Å². The minimum absolute atomic E-state index is 0.0390. The van der Waals surface area contributed by atoms with Crippen molar-refractivity contribution in [1.82, 2.24) is 0 Å². The fraction of sp³-hybridized carbons (Fsp3) is 0.214. The zero-order chi connectivity index (χ0) is 24.8. The molecule has 6 nitrogen and oxygen atoms in total. The van der Waals surface area contributed by atoms with Crippen molar-refractivity contribution in [1.29, 1.82) is 5.26 Å². The summed E-state index contributed by atoms with van der Waals surface area (Å²) in [5, 5.41) is 9.77. The van der Waals surface area contributed by atoms with E-state index in [0.717, 1.165) is 28.9 Å². The molecule has 1 aliphatic rings. The van der Waals surface area contributed by atoms with Crippen molar-refractivity contribution >= 4 is 17.7 Å². The molecule has 0 fully saturated rings. The molecule has 178 valence electrons. The standard InChI is InChI=1S/C28H26N2O4S/c1-3-4-15-32-24-8-6-5-7-22(24)28(31)33-19-11-14-21-25(16-19)34-27(30)23(17-29)26(21)18-9-12-20(35-2)13-10-18/h5-14,16,26H,3-4,15,30H2,1-2H3. The van der Waals surface area contributed by atoms with Gasteiger partial charge in [0.1, 0.15) is 34.5 Å². The predicted octanol–water partition coefficient (Wildman–Crippen LogP) is 6.02. The van der Waals surface area contributed by atoms with Gasteiger partial charge >= 0.3 is 5.97 Å². The summed E-state index contributed by atoms with van der Waals surface area (Å²) in [7, 11) is 0. The number of carbonyl (C=O) groups excluding carboxylic acids is 1. The third-order valence-corrected chi connectivity index (χ3v) is 6.46. The smallest absolute Gasteiger partial charge is 0.347 e. The van der Waals surface area contributed by atoms with E-state index in [2.05, 4.69) is 13.0 Å². The first-order valence-corrected chi connectivity index (χ1v) is 12.6. The van der Waals surface area contributed by atoms with Crippen LogP contribution in [0.25, 0.3) is 0 Å². The Labute approximate surface area is 209 Å². The molecule has 0 saturated heterocycles. The number of ether oxygens (including phenoxy) is 3. The molecule has 2 N–H and O–H groups in total. The minimum Gasteiger partial charge on any atom is -0.493 e. The van der Waals surface area contributed by atoms with Gasteiger partial charge in [-0.15, -0.1) is 11.8 Å². The van der Waals surface area contributed by atoms with E-state index < -0.39 is 5.97 Å². The van der Waals surface area contributed by atoms with Gasteiger partial charge in [-0.3, -0.25) is 0 Å². The highest BCUT2D eigenvalue weighted by Gasteiger charge is 2.31. The third-order valence-electron chi connectivity index (χ3n) is 5.71. The molecular formula is C28H26N2O4S. The summed E-state index contributed by atoms with van der Waals surface area (Å²) in [5.74, 6) is 0.368. The van der Waals surface area contributed by atoms with E-state index in [0.29, 0.717) is 35.0 Å². The number of benzene rings is 3. The summed E-state index contributed by atoms with van der Waals surface area (Å²) in [6, 6.07) is 22.3. The van der Waals surface area contributed by atoms with Crippen LogP contribution in [-0.2, 0) is 0 Å². The Bertz CT molecular complexity index is 1300. The number of esters is 1. The number of para-hydroxylation sites is 1. The zero-order valence-electron chi connectivity index (χ0n) is 19.6. The largest absolute Gasteiger partial charge is 0.493 e. The highest BCUT2D eigenvalue weighted by atomic mass is 32.2. The van der Waals surface area contributed by atoms with Crippen molar-refractivity contribution in [3.8, 4) is 23.3 Å². The van der Waals surface area contributed by atoms with Gasteiger partial charge in [0.2, 0.25) is 5.88 Å². The number of allylic oxidation sites excluding steroid dienone is 1. The summed E-state index contributed by atoms with van der Waals surface area (Å²) in [4.78, 5) is 14.0. The Kier molecular flexibility index (Phi) is 7.64. The first-order chi connectivity index (χ1) is 17.0. The number of unbranched alkanes of at least 4 members (excludes halogenated alkanes) is 1. The lowest BCUT2D eigenvalue weighted by Crippen LogP contribution is -2.21. The molecule has 1 unspecified atom stereocenters. The molecular weight excluding hydrogens is 460 g/mol. The van der Waals surface area contributed by atoms with E-state index in [4.69, 9.17) is 19.9 Å². The SMILES string of the molecule is CCCCOc1ccccc1C(=O)Oc1ccc2c(c1)OC(N)=C(C#N)C2c1ccc(SC)cc1. The lowest BCUT2D eigenvalue weighted by atomic mass is 9.83. The fourth-order valence-electron chi connectivity index (χ4n) is 3.89. The lowest BCUT2D eigenvalue weighted by Gasteiger charge is -2.26. The summed E-state index contributed by atoms with van der Waals surface area (Å²) < 4.78 is 17.2. The number of carbonyl (C=O) groups is 1. The van der Waals surface area contributed by atoms with Crippen molar-refractivity contribution in [3.05, 3.63) is 94.9 Å². The molecule has 4 rings (SSSR count). The molecule has 3 aromatic rings. The summed E-state index contributed by atoms with van der Waals surface area (Å²) in [6.45, 7) is 2.60. The predicted molar refractivity (Wildman–Crippen MR) is 136 cm³/mol. The molecule has 7 heteroatoms. The minimum atomic E-state index is -0.529. The highest BCUT2D eigenvalue weighted by Crippen LogP contribution is 2.43. The molecule has 1 heterocycles. The molecule has 0 spiro atoms. The molecule has 0 aliphatic carbocycles. The van der Waals surface area contributed by atoms with Crippen LogP contribution >= 0.6 is 11.8 Å². The Morgan fingerprint density at radius 2 is 1.91 bits per heavy atom. The van der Waals surface area contributed by atoms with Gasteiger partial charge in [0.05, 0.1) is 12.5 Å². The summed E-state index contributed by atoms with van der Waals surface area (Å²) in [5.41, 5.74) is 8.51. The average Bonchev–Trinajstić information content (AvgIpc) is 2.88. The number of nitrogens with two attached hydrogens (primary N) is 1. The molecule has 1 aliphatic heterocycles. The van der Waals surface area contributed by atoms with E-state index in [1.807, 2.05) is 36.6 Å². The van der Waals surface area contributed by atoms with E-state index in [1.54, 1.807) is 48.2 Å².